The molecule has 0 saturated carbocycles. The first-order valence-corrected chi connectivity index (χ1v) is 10.8. The van der Waals surface area contributed by atoms with Crippen molar-refractivity contribution >= 4 is 52.8 Å². The largest absolute Gasteiger partial charge is 0.493 e. The van der Waals surface area contributed by atoms with Crippen molar-refractivity contribution in [1.29, 1.82) is 0 Å². The van der Waals surface area contributed by atoms with Crippen molar-refractivity contribution in [2.45, 2.75) is 6.61 Å². The Morgan fingerprint density at radius 2 is 1.74 bits per heavy atom. The predicted octanol–water partition coefficient (Wildman–Crippen LogP) is 5.25. The van der Waals surface area contributed by atoms with E-state index in [2.05, 4.69) is 5.32 Å². The van der Waals surface area contributed by atoms with Gasteiger partial charge >= 0.3 is 6.03 Å². The number of rotatable bonds is 6. The minimum absolute atomic E-state index is 0.230. The van der Waals surface area contributed by atoms with Crippen molar-refractivity contribution < 1.29 is 23.9 Å². The maximum absolute atomic E-state index is 13.1. The van der Waals surface area contributed by atoms with Gasteiger partial charge in [-0.25, -0.2) is 9.69 Å². The van der Waals surface area contributed by atoms with E-state index in [1.807, 2.05) is 30.3 Å². The van der Waals surface area contributed by atoms with Gasteiger partial charge in [0.25, 0.3) is 11.8 Å². The molecular formula is C25H18Cl2N2O5. The minimum atomic E-state index is -0.866. The summed E-state index contributed by atoms with van der Waals surface area (Å²) in [4.78, 5) is 38.7. The van der Waals surface area contributed by atoms with Crippen LogP contribution in [0.3, 0.4) is 0 Å². The Balaban J connectivity index is 1.65. The number of barbiturate groups is 1. The second kappa shape index (κ2) is 9.99. The molecule has 34 heavy (non-hydrogen) atoms. The first kappa shape index (κ1) is 23.4. The fourth-order valence-electron chi connectivity index (χ4n) is 3.37. The van der Waals surface area contributed by atoms with Gasteiger partial charge in [0, 0.05) is 5.02 Å². The lowest BCUT2D eigenvalue weighted by Crippen LogP contribution is -2.54. The molecule has 9 heteroatoms. The molecule has 3 aromatic rings. The third-order valence-corrected chi connectivity index (χ3v) is 5.47. The zero-order chi connectivity index (χ0) is 24.2. The van der Waals surface area contributed by atoms with Crippen LogP contribution in [-0.2, 0) is 16.2 Å². The van der Waals surface area contributed by atoms with Gasteiger partial charge in [-0.15, -0.1) is 0 Å². The third-order valence-electron chi connectivity index (χ3n) is 4.96. The monoisotopic (exact) mass is 496 g/mol. The van der Waals surface area contributed by atoms with Gasteiger partial charge in [0.2, 0.25) is 0 Å². The molecule has 1 saturated heterocycles. The summed E-state index contributed by atoms with van der Waals surface area (Å²) in [6.07, 6.45) is 1.33. The van der Waals surface area contributed by atoms with Gasteiger partial charge < -0.3 is 9.47 Å². The number of hydrogen-bond acceptors (Lipinski definition) is 5. The maximum Gasteiger partial charge on any atom is 0.335 e. The van der Waals surface area contributed by atoms with Gasteiger partial charge in [-0.3, -0.25) is 14.9 Å². The van der Waals surface area contributed by atoms with Gasteiger partial charge in [-0.05, 0) is 47.5 Å². The van der Waals surface area contributed by atoms with Crippen LogP contribution in [0.1, 0.15) is 11.1 Å². The smallest absolute Gasteiger partial charge is 0.335 e. The molecule has 1 aliphatic heterocycles. The number of nitrogens with zero attached hydrogens (tertiary/aromatic N) is 1. The Hall–Kier alpha value is -3.81. The van der Waals surface area contributed by atoms with Crippen molar-refractivity contribution in [3.05, 3.63) is 93.5 Å². The molecule has 1 heterocycles. The number of imide groups is 2. The number of nitrogens with one attached hydrogen (secondary N) is 1. The lowest BCUT2D eigenvalue weighted by atomic mass is 10.1. The van der Waals surface area contributed by atoms with E-state index < -0.39 is 17.8 Å². The second-order valence-corrected chi connectivity index (χ2v) is 8.09. The van der Waals surface area contributed by atoms with Gasteiger partial charge in [-0.2, -0.15) is 0 Å². The van der Waals surface area contributed by atoms with Crippen LogP contribution in [0.2, 0.25) is 10.0 Å². The molecule has 4 rings (SSSR count). The summed E-state index contributed by atoms with van der Waals surface area (Å²) in [7, 11) is 1.45. The van der Waals surface area contributed by atoms with E-state index in [1.165, 1.54) is 31.4 Å². The SMILES string of the molecule is COc1cc(/C=C2\C(=O)NC(=O)N(c3cccc(Cl)c3)C2=O)cc(Cl)c1OCc1ccccc1. The highest BCUT2D eigenvalue weighted by molar-refractivity contribution is 6.39. The van der Waals surface area contributed by atoms with Crippen LogP contribution in [0.25, 0.3) is 6.08 Å². The summed E-state index contributed by atoms with van der Waals surface area (Å²) >= 11 is 12.4. The molecule has 4 amide bonds. The first-order chi connectivity index (χ1) is 16.4. The van der Waals surface area contributed by atoms with Crippen LogP contribution in [0.4, 0.5) is 10.5 Å². The fourth-order valence-corrected chi connectivity index (χ4v) is 3.82. The number of methoxy groups -OCH3 is 1. The summed E-state index contributed by atoms with van der Waals surface area (Å²) in [5, 5.41) is 2.73. The van der Waals surface area contributed by atoms with Crippen molar-refractivity contribution in [2.75, 3.05) is 12.0 Å². The van der Waals surface area contributed by atoms with E-state index in [1.54, 1.807) is 18.2 Å². The highest BCUT2D eigenvalue weighted by atomic mass is 35.5. The number of ether oxygens (including phenoxy) is 2. The van der Waals surface area contributed by atoms with Crippen LogP contribution in [0.5, 0.6) is 11.5 Å². The molecule has 0 aromatic heterocycles. The molecule has 172 valence electrons. The number of carbonyl (C=O) groups excluding carboxylic acids is 3. The normalized spacial score (nSPS) is 14.9. The van der Waals surface area contributed by atoms with E-state index in [9.17, 15) is 14.4 Å². The molecule has 0 atom stereocenters. The topological polar surface area (TPSA) is 84.9 Å². The summed E-state index contributed by atoms with van der Waals surface area (Å²) in [6.45, 7) is 0.273. The first-order valence-electron chi connectivity index (χ1n) is 10.1. The summed E-state index contributed by atoms with van der Waals surface area (Å²) in [5.74, 6) is -0.977. The number of halogens is 2. The lowest BCUT2D eigenvalue weighted by Gasteiger charge is -2.26. The molecule has 0 bridgehead atoms. The zero-order valence-electron chi connectivity index (χ0n) is 17.9. The Morgan fingerprint density at radius 3 is 2.44 bits per heavy atom. The Bertz CT molecular complexity index is 1310. The summed E-state index contributed by atoms with van der Waals surface area (Å²) < 4.78 is 11.3. The van der Waals surface area contributed by atoms with Crippen LogP contribution < -0.4 is 19.7 Å². The van der Waals surface area contributed by atoms with Crippen LogP contribution in [0, 0.1) is 0 Å². The lowest BCUT2D eigenvalue weighted by molar-refractivity contribution is -0.122. The van der Waals surface area contributed by atoms with E-state index in [0.29, 0.717) is 22.1 Å². The number of anilines is 1. The summed E-state index contributed by atoms with van der Waals surface area (Å²) in [6, 6.07) is 18.0. The summed E-state index contributed by atoms with van der Waals surface area (Å²) in [5.41, 5.74) is 1.33. The maximum atomic E-state index is 13.1. The average Bonchev–Trinajstić information content (AvgIpc) is 2.81. The van der Waals surface area contributed by atoms with E-state index >= 15 is 0 Å². The average molecular weight is 497 g/mol. The van der Waals surface area contributed by atoms with Crippen LogP contribution in [-0.4, -0.2) is 25.0 Å². The van der Waals surface area contributed by atoms with E-state index in [0.717, 1.165) is 10.5 Å². The van der Waals surface area contributed by atoms with Crippen molar-refractivity contribution in [3.63, 3.8) is 0 Å². The Kier molecular flexibility index (Phi) is 6.86. The van der Waals surface area contributed by atoms with E-state index in [-0.39, 0.29) is 22.9 Å². The third kappa shape index (κ3) is 4.90. The second-order valence-electron chi connectivity index (χ2n) is 7.25. The van der Waals surface area contributed by atoms with Crippen molar-refractivity contribution in [2.24, 2.45) is 0 Å². The number of amides is 4. The molecule has 1 N–H and O–H groups in total. The molecule has 1 fully saturated rings. The number of carbonyl (C=O) groups is 3. The Labute approximate surface area is 205 Å². The van der Waals surface area contributed by atoms with Crippen LogP contribution in [0.15, 0.2) is 72.3 Å². The Morgan fingerprint density at radius 1 is 0.971 bits per heavy atom. The van der Waals surface area contributed by atoms with Crippen molar-refractivity contribution in [1.82, 2.24) is 5.32 Å². The zero-order valence-corrected chi connectivity index (χ0v) is 19.4. The highest BCUT2D eigenvalue weighted by Crippen LogP contribution is 2.38. The number of hydrogen-bond donors (Lipinski definition) is 1. The van der Waals surface area contributed by atoms with E-state index in [4.69, 9.17) is 32.7 Å². The molecule has 3 aromatic carbocycles. The van der Waals surface area contributed by atoms with Gasteiger partial charge in [0.15, 0.2) is 11.5 Å². The standard InChI is InChI=1S/C25H18Cl2N2O5/c1-33-21-12-16(11-20(27)22(21)34-14-15-6-3-2-4-7-15)10-19-23(30)28-25(32)29(24(19)31)18-9-5-8-17(26)13-18/h2-13H,14H2,1H3,(H,28,30,32)/b19-10+. The molecule has 1 aliphatic rings. The van der Waals surface area contributed by atoms with Gasteiger partial charge in [-0.1, -0.05) is 59.6 Å². The molecular weight excluding hydrogens is 479 g/mol. The van der Waals surface area contributed by atoms with Gasteiger partial charge in [0.1, 0.15) is 12.2 Å². The highest BCUT2D eigenvalue weighted by Gasteiger charge is 2.37. The fraction of sp³-hybridized carbons (Fsp3) is 0.0800. The quantitative estimate of drug-likeness (QED) is 0.372. The molecule has 0 unspecified atom stereocenters. The number of benzene rings is 3. The molecule has 0 aliphatic carbocycles. The van der Waals surface area contributed by atoms with Crippen LogP contribution >= 0.6 is 23.2 Å². The molecule has 0 radical (unpaired) electrons. The minimum Gasteiger partial charge on any atom is -0.493 e. The number of urea groups is 1. The van der Waals surface area contributed by atoms with Gasteiger partial charge in [0.05, 0.1) is 17.8 Å². The molecule has 0 spiro atoms. The van der Waals surface area contributed by atoms with Crippen molar-refractivity contribution in [3.8, 4) is 11.5 Å². The molecule has 7 nitrogen and oxygen atoms in total. The predicted molar refractivity (Wildman–Crippen MR) is 129 cm³/mol.